The average Bonchev–Trinajstić information content (AvgIpc) is 3.63. The lowest BCUT2D eigenvalue weighted by molar-refractivity contribution is -0.143. The first-order valence-corrected chi connectivity index (χ1v) is 14.5. The lowest BCUT2D eigenvalue weighted by Gasteiger charge is -2.23. The normalized spacial score (nSPS) is 15.3. The van der Waals surface area contributed by atoms with E-state index < -0.39 is 23.7 Å². The molecule has 2 aromatic carbocycles. The number of likely N-dealkylation sites (tertiary alicyclic amines) is 1. The first kappa shape index (κ1) is 32.1. The number of anilines is 2. The van der Waals surface area contributed by atoms with Gasteiger partial charge in [0.05, 0.1) is 19.6 Å². The van der Waals surface area contributed by atoms with Crippen LogP contribution < -0.4 is 16.0 Å². The van der Waals surface area contributed by atoms with Crippen LogP contribution in [0.4, 0.5) is 21.0 Å². The maximum atomic E-state index is 13.3. The van der Waals surface area contributed by atoms with Gasteiger partial charge in [0.1, 0.15) is 23.1 Å². The number of urea groups is 1. The largest absolute Gasteiger partial charge is 0.467 e. The number of aromatic nitrogens is 1. The van der Waals surface area contributed by atoms with Gasteiger partial charge in [0.15, 0.2) is 0 Å². The van der Waals surface area contributed by atoms with E-state index in [1.165, 1.54) is 7.11 Å². The molecule has 0 bridgehead atoms. The van der Waals surface area contributed by atoms with E-state index in [-0.39, 0.29) is 30.8 Å². The van der Waals surface area contributed by atoms with Crippen molar-refractivity contribution < 1.29 is 33.2 Å². The van der Waals surface area contributed by atoms with Crippen LogP contribution in [0, 0.1) is 6.92 Å². The topological polar surface area (TPSA) is 152 Å². The summed E-state index contributed by atoms with van der Waals surface area (Å²) in [7, 11) is 1.23. The predicted octanol–water partition coefficient (Wildman–Crippen LogP) is 5.14. The predicted molar refractivity (Wildman–Crippen MR) is 163 cm³/mol. The van der Waals surface area contributed by atoms with Crippen LogP contribution in [-0.4, -0.2) is 59.4 Å². The molecule has 1 aliphatic heterocycles. The van der Waals surface area contributed by atoms with E-state index in [1.807, 2.05) is 43.3 Å². The number of carbonyl (C=O) groups excluding carboxylic acids is 4. The van der Waals surface area contributed by atoms with Crippen LogP contribution in [0.15, 0.2) is 59.1 Å². The summed E-state index contributed by atoms with van der Waals surface area (Å²) >= 11 is 0. The molecule has 1 unspecified atom stereocenters. The number of carbonyl (C=O) groups is 4. The summed E-state index contributed by atoms with van der Waals surface area (Å²) in [6.07, 6.45) is 0.953. The Labute approximate surface area is 256 Å². The number of hydrogen-bond acceptors (Lipinski definition) is 8. The van der Waals surface area contributed by atoms with Crippen LogP contribution in [0.5, 0.6) is 0 Å². The van der Waals surface area contributed by atoms with Gasteiger partial charge in [0, 0.05) is 30.4 Å². The quantitative estimate of drug-likeness (QED) is 0.284. The summed E-state index contributed by atoms with van der Waals surface area (Å²) in [4.78, 5) is 52.1. The number of amides is 4. The number of aryl methyl sites for hydroxylation is 1. The first-order valence-electron chi connectivity index (χ1n) is 14.5. The molecule has 2 heterocycles. The molecule has 2 atom stereocenters. The number of benzene rings is 2. The molecule has 1 saturated heterocycles. The molecule has 44 heavy (non-hydrogen) atoms. The van der Waals surface area contributed by atoms with Crippen molar-refractivity contribution in [3.8, 4) is 0 Å². The monoisotopic (exact) mass is 605 g/mol. The third-order valence-electron chi connectivity index (χ3n) is 7.03. The van der Waals surface area contributed by atoms with Gasteiger partial charge in [0.25, 0.3) is 0 Å². The molecule has 1 fully saturated rings. The Morgan fingerprint density at radius 2 is 1.80 bits per heavy atom. The Kier molecular flexibility index (Phi) is 10.2. The molecule has 4 rings (SSSR count). The zero-order chi connectivity index (χ0) is 31.9. The van der Waals surface area contributed by atoms with Gasteiger partial charge in [-0.15, -0.1) is 0 Å². The average molecular weight is 606 g/mol. The van der Waals surface area contributed by atoms with Crippen molar-refractivity contribution in [2.75, 3.05) is 24.3 Å². The molecule has 0 spiro atoms. The molecular weight excluding hydrogens is 566 g/mol. The number of nitrogens with one attached hydrogen (secondary N) is 3. The number of nitrogens with zero attached hydrogens (tertiary/aromatic N) is 2. The van der Waals surface area contributed by atoms with E-state index in [0.29, 0.717) is 30.1 Å². The lowest BCUT2D eigenvalue weighted by atomic mass is 10.1. The summed E-state index contributed by atoms with van der Waals surface area (Å²) in [5.74, 6) is -0.353. The molecule has 0 saturated carbocycles. The van der Waals surface area contributed by atoms with E-state index in [9.17, 15) is 19.2 Å². The highest BCUT2D eigenvalue weighted by Gasteiger charge is 2.33. The number of alkyl carbamates (subject to hydrolysis) is 1. The van der Waals surface area contributed by atoms with Gasteiger partial charge in [0.2, 0.25) is 5.91 Å². The van der Waals surface area contributed by atoms with Crippen molar-refractivity contribution in [1.82, 2.24) is 15.4 Å². The van der Waals surface area contributed by atoms with Crippen molar-refractivity contribution in [3.63, 3.8) is 0 Å². The SMILES string of the molecule is COC(=O)C(Cc1cc([C@@H]2CCCN2C(=O)Cc2ccc(NC(=O)Nc3ccccc3C)cc2)no1)NC(=O)OC(C)(C)C. The standard InChI is InChI=1S/C32H39N5O7/c1-20-9-6-7-10-24(20)34-30(40)33-22-14-12-21(13-15-22)17-28(38)37-16-8-11-27(37)25-18-23(44-36-25)19-26(29(39)42-5)35-31(41)43-32(2,3)4/h6-7,9-10,12-15,18,26-27H,8,11,16-17,19H2,1-5H3,(H,35,41)(H2,33,34,40)/t26?,27-/m0/s1. The Morgan fingerprint density at radius 1 is 1.07 bits per heavy atom. The fraction of sp³-hybridized carbons (Fsp3) is 0.406. The number of esters is 1. The summed E-state index contributed by atoms with van der Waals surface area (Å²) in [5.41, 5.74) is 2.94. The second-order valence-corrected chi connectivity index (χ2v) is 11.7. The van der Waals surface area contributed by atoms with Gasteiger partial charge in [-0.25, -0.2) is 14.4 Å². The van der Waals surface area contributed by atoms with Crippen molar-refractivity contribution in [2.45, 2.75) is 71.1 Å². The van der Waals surface area contributed by atoms with Gasteiger partial charge < -0.3 is 34.8 Å². The van der Waals surface area contributed by atoms with Gasteiger partial charge in [-0.1, -0.05) is 35.5 Å². The second-order valence-electron chi connectivity index (χ2n) is 11.7. The molecule has 12 nitrogen and oxygen atoms in total. The van der Waals surface area contributed by atoms with Crippen molar-refractivity contribution in [3.05, 3.63) is 77.2 Å². The summed E-state index contributed by atoms with van der Waals surface area (Å²) in [6, 6.07) is 14.7. The maximum absolute atomic E-state index is 13.3. The van der Waals surface area contributed by atoms with Gasteiger partial charge in [-0.3, -0.25) is 4.79 Å². The Bertz CT molecular complexity index is 1480. The minimum atomic E-state index is -1.04. The van der Waals surface area contributed by atoms with Crippen LogP contribution in [0.25, 0.3) is 0 Å². The Balaban J connectivity index is 1.34. The van der Waals surface area contributed by atoms with Crippen molar-refractivity contribution >= 4 is 35.4 Å². The molecule has 4 amide bonds. The zero-order valence-corrected chi connectivity index (χ0v) is 25.6. The minimum absolute atomic E-state index is 0.00292. The summed E-state index contributed by atoms with van der Waals surface area (Å²) < 4.78 is 15.6. The highest BCUT2D eigenvalue weighted by Crippen LogP contribution is 2.32. The van der Waals surface area contributed by atoms with Crippen molar-refractivity contribution in [1.29, 1.82) is 0 Å². The minimum Gasteiger partial charge on any atom is -0.467 e. The molecule has 1 aromatic heterocycles. The van der Waals surface area contributed by atoms with E-state index in [1.54, 1.807) is 43.9 Å². The number of para-hydroxylation sites is 1. The number of hydrogen-bond donors (Lipinski definition) is 3. The van der Waals surface area contributed by atoms with Crippen LogP contribution in [0.1, 0.15) is 62.2 Å². The van der Waals surface area contributed by atoms with Crippen molar-refractivity contribution in [2.24, 2.45) is 0 Å². The van der Waals surface area contributed by atoms with E-state index in [2.05, 4.69) is 21.1 Å². The molecule has 1 aliphatic rings. The number of methoxy groups -OCH3 is 1. The smallest absolute Gasteiger partial charge is 0.408 e. The van der Waals surface area contributed by atoms with Crippen LogP contribution in [0.2, 0.25) is 0 Å². The third-order valence-corrected chi connectivity index (χ3v) is 7.03. The number of ether oxygens (including phenoxy) is 2. The maximum Gasteiger partial charge on any atom is 0.408 e. The lowest BCUT2D eigenvalue weighted by Crippen LogP contribution is -2.45. The Morgan fingerprint density at radius 3 is 2.48 bits per heavy atom. The highest BCUT2D eigenvalue weighted by atomic mass is 16.6. The molecule has 0 aliphatic carbocycles. The summed E-state index contributed by atoms with van der Waals surface area (Å²) in [5, 5.41) is 12.3. The molecule has 3 aromatic rings. The van der Waals surface area contributed by atoms with E-state index in [0.717, 1.165) is 23.2 Å². The fourth-order valence-corrected chi connectivity index (χ4v) is 4.92. The first-order chi connectivity index (χ1) is 20.9. The zero-order valence-electron chi connectivity index (χ0n) is 25.6. The van der Waals surface area contributed by atoms with Crippen LogP contribution in [-0.2, 0) is 31.9 Å². The van der Waals surface area contributed by atoms with Gasteiger partial charge in [-0.05, 0) is 69.9 Å². The van der Waals surface area contributed by atoms with Crippen LogP contribution in [0.3, 0.4) is 0 Å². The molecule has 3 N–H and O–H groups in total. The van der Waals surface area contributed by atoms with E-state index in [4.69, 9.17) is 14.0 Å². The Hall–Kier alpha value is -4.87. The highest BCUT2D eigenvalue weighted by molar-refractivity contribution is 6.00. The second kappa shape index (κ2) is 14.1. The summed E-state index contributed by atoms with van der Waals surface area (Å²) in [6.45, 7) is 7.66. The van der Waals surface area contributed by atoms with Gasteiger partial charge in [-0.2, -0.15) is 0 Å². The van der Waals surface area contributed by atoms with Gasteiger partial charge >= 0.3 is 18.1 Å². The van der Waals surface area contributed by atoms with Crippen LogP contribution >= 0.6 is 0 Å². The third kappa shape index (κ3) is 8.82. The van der Waals surface area contributed by atoms with E-state index >= 15 is 0 Å². The molecule has 0 radical (unpaired) electrons. The fourth-order valence-electron chi connectivity index (χ4n) is 4.92. The number of rotatable bonds is 9. The molecular formula is C32H39N5O7. The molecule has 12 heteroatoms. The molecule has 234 valence electrons.